The van der Waals surface area contributed by atoms with Gasteiger partial charge in [-0.25, -0.2) is 4.98 Å². The summed E-state index contributed by atoms with van der Waals surface area (Å²) in [5.74, 6) is 0.168. The van der Waals surface area contributed by atoms with E-state index in [0.717, 1.165) is 4.88 Å². The van der Waals surface area contributed by atoms with Crippen molar-refractivity contribution in [3.05, 3.63) is 39.0 Å². The Hall–Kier alpha value is -3.38. The second-order valence-corrected chi connectivity index (χ2v) is 6.80. The first-order valence-corrected chi connectivity index (χ1v) is 8.68. The highest BCUT2D eigenvalue weighted by molar-refractivity contribution is 7.17. The van der Waals surface area contributed by atoms with Gasteiger partial charge in [0, 0.05) is 22.7 Å². The topological polar surface area (TPSA) is 156 Å². The molecule has 0 saturated heterocycles. The fourth-order valence-electron chi connectivity index (χ4n) is 2.65. The fourth-order valence-corrected chi connectivity index (χ4v) is 3.49. The number of nitro groups is 1. The van der Waals surface area contributed by atoms with Crippen molar-refractivity contribution < 1.29 is 14.4 Å². The van der Waals surface area contributed by atoms with Gasteiger partial charge >= 0.3 is 5.69 Å². The first-order chi connectivity index (χ1) is 13.3. The van der Waals surface area contributed by atoms with Crippen LogP contribution in [0.2, 0.25) is 0 Å². The lowest BCUT2D eigenvalue weighted by atomic mass is 10.1. The zero-order chi connectivity index (χ0) is 20.4. The number of hydrogen-bond acceptors (Lipinski definition) is 8. The second kappa shape index (κ2) is 8.75. The molecule has 2 heterocycles. The van der Waals surface area contributed by atoms with E-state index < -0.39 is 4.92 Å². The molecular formula is C16H18ClN7O4S. The number of aromatic nitrogens is 2. The molecule has 1 aromatic carbocycles. The van der Waals surface area contributed by atoms with Gasteiger partial charge in [-0.1, -0.05) is 0 Å². The second-order valence-electron chi connectivity index (χ2n) is 5.59. The highest BCUT2D eigenvalue weighted by Gasteiger charge is 2.24. The molecule has 4 N–H and O–H groups in total. The Balaban J connectivity index is 0.00000300. The van der Waals surface area contributed by atoms with E-state index in [1.165, 1.54) is 43.9 Å². The van der Waals surface area contributed by atoms with Crippen molar-refractivity contribution in [2.75, 3.05) is 14.2 Å². The van der Waals surface area contributed by atoms with Crippen LogP contribution in [0.25, 0.3) is 16.2 Å². The van der Waals surface area contributed by atoms with E-state index in [1.807, 2.05) is 17.5 Å². The van der Waals surface area contributed by atoms with Crippen LogP contribution in [0.5, 0.6) is 11.5 Å². The number of thiazole rings is 1. The average Bonchev–Trinajstić information content (AvgIpc) is 3.16. The molecule has 0 unspecified atom stereocenters. The van der Waals surface area contributed by atoms with Crippen LogP contribution in [-0.4, -0.2) is 40.7 Å². The molecule has 2 aromatic heterocycles. The number of rotatable bonds is 6. The number of aryl methyl sites for hydroxylation is 1. The summed E-state index contributed by atoms with van der Waals surface area (Å²) in [6.07, 6.45) is 3.34. The maximum Gasteiger partial charge on any atom is 0.314 e. The lowest BCUT2D eigenvalue weighted by Gasteiger charge is -2.10. The number of nitrogens with two attached hydrogens (primary N) is 2. The molecule has 154 valence electrons. The molecule has 0 atom stereocenters. The van der Waals surface area contributed by atoms with E-state index >= 15 is 0 Å². The molecule has 3 rings (SSSR count). The smallest absolute Gasteiger partial charge is 0.314 e. The van der Waals surface area contributed by atoms with E-state index in [-0.39, 0.29) is 35.6 Å². The molecule has 0 aliphatic rings. The van der Waals surface area contributed by atoms with Crippen LogP contribution in [0.4, 0.5) is 5.69 Å². The van der Waals surface area contributed by atoms with Gasteiger partial charge in [-0.2, -0.15) is 5.10 Å². The van der Waals surface area contributed by atoms with Crippen molar-refractivity contribution in [2.24, 2.45) is 21.7 Å². The molecule has 0 aliphatic heterocycles. The van der Waals surface area contributed by atoms with E-state index in [0.29, 0.717) is 21.9 Å². The highest BCUT2D eigenvalue weighted by Crippen LogP contribution is 2.41. The van der Waals surface area contributed by atoms with Crippen molar-refractivity contribution in [3.63, 3.8) is 0 Å². The van der Waals surface area contributed by atoms with Gasteiger partial charge in [0.05, 0.1) is 37.1 Å². The first-order valence-electron chi connectivity index (χ1n) is 7.87. The number of guanidine groups is 1. The summed E-state index contributed by atoms with van der Waals surface area (Å²) >= 11 is 1.48. The number of methoxy groups -OCH3 is 2. The highest BCUT2D eigenvalue weighted by atomic mass is 35.5. The monoisotopic (exact) mass is 439 g/mol. The summed E-state index contributed by atoms with van der Waals surface area (Å²) < 4.78 is 12.4. The predicted molar refractivity (Wildman–Crippen MR) is 114 cm³/mol. The van der Waals surface area contributed by atoms with E-state index in [9.17, 15) is 10.1 Å². The van der Waals surface area contributed by atoms with Crippen molar-refractivity contribution in [3.8, 4) is 22.8 Å². The zero-order valence-corrected chi connectivity index (χ0v) is 17.3. The molecule has 0 saturated carbocycles. The molecule has 0 fully saturated rings. The quantitative estimate of drug-likeness (QED) is 0.258. The predicted octanol–water partition coefficient (Wildman–Crippen LogP) is 2.33. The Morgan fingerprint density at radius 3 is 2.59 bits per heavy atom. The lowest BCUT2D eigenvalue weighted by Crippen LogP contribution is -2.21. The summed E-state index contributed by atoms with van der Waals surface area (Å²) in [5, 5.41) is 18.8. The molecule has 29 heavy (non-hydrogen) atoms. The Bertz CT molecular complexity index is 1120. The number of halogens is 1. The average molecular weight is 440 g/mol. The van der Waals surface area contributed by atoms with Crippen LogP contribution in [-0.2, 0) is 0 Å². The Labute approximate surface area is 175 Å². The summed E-state index contributed by atoms with van der Waals surface area (Å²) in [6.45, 7) is 1.95. The minimum Gasteiger partial charge on any atom is -0.496 e. The first kappa shape index (κ1) is 21.9. The van der Waals surface area contributed by atoms with E-state index in [2.05, 4.69) is 15.2 Å². The fraction of sp³-hybridized carbons (Fsp3) is 0.188. The van der Waals surface area contributed by atoms with Crippen molar-refractivity contribution >= 4 is 46.6 Å². The number of imidazole rings is 1. The van der Waals surface area contributed by atoms with Crippen LogP contribution in [0, 0.1) is 17.0 Å². The number of benzene rings is 1. The minimum atomic E-state index is -0.540. The van der Waals surface area contributed by atoms with Gasteiger partial charge in [0.2, 0.25) is 5.96 Å². The van der Waals surface area contributed by atoms with Gasteiger partial charge in [0.1, 0.15) is 11.4 Å². The van der Waals surface area contributed by atoms with Gasteiger partial charge in [0.15, 0.2) is 10.7 Å². The third kappa shape index (κ3) is 4.22. The SMILES string of the molecule is COc1cc([N+](=O)[O-])c(OC)cc1-c1nc2sc(C)cn2c1/C=N/N=C(N)N.Cl. The number of ether oxygens (including phenoxy) is 2. The van der Waals surface area contributed by atoms with Gasteiger partial charge in [-0.3, -0.25) is 14.5 Å². The van der Waals surface area contributed by atoms with E-state index in [4.69, 9.17) is 20.9 Å². The number of nitrogens with zero attached hydrogens (tertiary/aromatic N) is 5. The van der Waals surface area contributed by atoms with Gasteiger partial charge in [-0.05, 0) is 6.92 Å². The van der Waals surface area contributed by atoms with Crippen molar-refractivity contribution in [1.29, 1.82) is 0 Å². The van der Waals surface area contributed by atoms with Crippen molar-refractivity contribution in [2.45, 2.75) is 6.92 Å². The maximum absolute atomic E-state index is 11.3. The molecule has 0 bridgehead atoms. The van der Waals surface area contributed by atoms with Crippen LogP contribution in [0.15, 0.2) is 28.5 Å². The maximum atomic E-state index is 11.3. The number of nitro benzene ring substituents is 1. The molecule has 0 aliphatic carbocycles. The summed E-state index contributed by atoms with van der Waals surface area (Å²) in [4.78, 5) is 17.1. The molecule has 0 spiro atoms. The molecular weight excluding hydrogens is 422 g/mol. The minimum absolute atomic E-state index is 0. The molecule has 0 radical (unpaired) electrons. The largest absolute Gasteiger partial charge is 0.496 e. The number of fused-ring (bicyclic) bond motifs is 1. The third-order valence-electron chi connectivity index (χ3n) is 3.78. The molecule has 0 amide bonds. The summed E-state index contributed by atoms with van der Waals surface area (Å²) in [5.41, 5.74) is 12.0. The number of hydrogen-bond donors (Lipinski definition) is 2. The summed E-state index contributed by atoms with van der Waals surface area (Å²) in [7, 11) is 2.78. The Morgan fingerprint density at radius 1 is 1.31 bits per heavy atom. The van der Waals surface area contributed by atoms with Crippen LogP contribution < -0.4 is 20.9 Å². The van der Waals surface area contributed by atoms with Gasteiger partial charge in [0.25, 0.3) is 0 Å². The van der Waals surface area contributed by atoms with Crippen LogP contribution in [0.3, 0.4) is 0 Å². The third-order valence-corrected chi connectivity index (χ3v) is 4.68. The standard InChI is InChI=1S/C16H17N7O4S.ClH/c1-8-7-22-11(6-19-21-15(17)18)14(20-16(22)28-8)9-4-13(27-3)10(23(24)25)5-12(9)26-2;/h4-7H,1-3H3,(H4,17,18,21);1H/b19-6+;. The van der Waals surface area contributed by atoms with Crippen LogP contribution >= 0.6 is 23.7 Å². The van der Waals surface area contributed by atoms with Crippen LogP contribution in [0.1, 0.15) is 10.6 Å². The van der Waals surface area contributed by atoms with Crippen molar-refractivity contribution in [1.82, 2.24) is 9.38 Å². The molecule has 3 aromatic rings. The van der Waals surface area contributed by atoms with Gasteiger partial charge in [-0.15, -0.1) is 28.8 Å². The Morgan fingerprint density at radius 2 is 2.00 bits per heavy atom. The Kier molecular flexibility index (Phi) is 6.61. The normalized spacial score (nSPS) is 10.7. The lowest BCUT2D eigenvalue weighted by molar-refractivity contribution is -0.385. The van der Waals surface area contributed by atoms with Gasteiger partial charge < -0.3 is 20.9 Å². The van der Waals surface area contributed by atoms with E-state index in [1.54, 1.807) is 0 Å². The summed E-state index contributed by atoms with van der Waals surface area (Å²) in [6, 6.07) is 2.80. The zero-order valence-electron chi connectivity index (χ0n) is 15.6. The molecule has 11 nitrogen and oxygen atoms in total. The molecule has 13 heteroatoms.